The molecule has 0 unspecified atom stereocenters. The molecule has 1 aliphatic rings. The maximum atomic E-state index is 15.0. The van der Waals surface area contributed by atoms with Crippen molar-refractivity contribution in [3.8, 4) is 6.07 Å². The van der Waals surface area contributed by atoms with Crippen molar-refractivity contribution in [3.05, 3.63) is 109 Å². The maximum absolute atomic E-state index is 15.0. The maximum Gasteiger partial charge on any atom is 0.204 e. The molecule has 0 aliphatic heterocycles. The summed E-state index contributed by atoms with van der Waals surface area (Å²) < 4.78 is 15.0. The molecule has 0 spiro atoms. The summed E-state index contributed by atoms with van der Waals surface area (Å²) in [6, 6.07) is 31.8. The summed E-state index contributed by atoms with van der Waals surface area (Å²) in [6.45, 7) is 4.01. The van der Waals surface area contributed by atoms with Crippen LogP contribution in [0.2, 0.25) is 0 Å². The topological polar surface area (TPSA) is 52.9 Å². The lowest BCUT2D eigenvalue weighted by Gasteiger charge is -2.43. The smallest absolute Gasteiger partial charge is 0.204 e. The van der Waals surface area contributed by atoms with Gasteiger partial charge in [-0.05, 0) is 55.0 Å². The van der Waals surface area contributed by atoms with Crippen LogP contribution in [0.3, 0.4) is 0 Å². The van der Waals surface area contributed by atoms with Crippen LogP contribution in [0.25, 0.3) is 0 Å². The largest absolute Gasteiger partial charge is 0.297 e. The van der Waals surface area contributed by atoms with Gasteiger partial charge in [0, 0.05) is 16.7 Å². The Morgan fingerprint density at radius 1 is 0.912 bits per heavy atom. The first-order valence-corrected chi connectivity index (χ1v) is 13.9. The van der Waals surface area contributed by atoms with Gasteiger partial charge in [-0.25, -0.2) is 0 Å². The molecule has 4 heteroatoms. The minimum atomic E-state index is -3.24. The van der Waals surface area contributed by atoms with Gasteiger partial charge in [0.1, 0.15) is 5.41 Å². The number of hydrogen-bond acceptors (Lipinski definition) is 2. The van der Waals surface area contributed by atoms with E-state index in [-0.39, 0.29) is 12.0 Å². The number of nitrogens with zero attached hydrogens (tertiary/aromatic N) is 1. The van der Waals surface area contributed by atoms with Gasteiger partial charge in [0.25, 0.3) is 0 Å². The molecule has 0 radical (unpaired) electrons. The van der Waals surface area contributed by atoms with E-state index in [1.165, 1.54) is 6.42 Å². The number of rotatable bonds is 9. The van der Waals surface area contributed by atoms with Gasteiger partial charge in [0.05, 0.1) is 6.07 Å². The molecule has 2 atom stereocenters. The Balaban J connectivity index is 1.90. The predicted octanol–water partition coefficient (Wildman–Crippen LogP) is 6.49. The van der Waals surface area contributed by atoms with Gasteiger partial charge in [-0.3, -0.25) is 9.65 Å². The molecular weight excluding hydrogens is 435 g/mol. The van der Waals surface area contributed by atoms with E-state index in [4.69, 9.17) is 0 Å². The summed E-state index contributed by atoms with van der Waals surface area (Å²) in [5.74, 6) is 0.245. The van der Waals surface area contributed by atoms with Crippen molar-refractivity contribution in [2.75, 3.05) is 0 Å². The first-order chi connectivity index (χ1) is 16.6. The molecule has 174 valence electrons. The molecule has 0 amide bonds. The molecule has 3 nitrogen and oxygen atoms in total. The van der Waals surface area contributed by atoms with Crippen LogP contribution in [0.15, 0.2) is 104 Å². The predicted molar refractivity (Wildman–Crippen MR) is 142 cm³/mol. The van der Waals surface area contributed by atoms with Crippen LogP contribution in [0.4, 0.5) is 0 Å². The molecule has 0 heterocycles. The third-order valence-corrected chi connectivity index (χ3v) is 9.86. The Kier molecular flexibility index (Phi) is 7.84. The Morgan fingerprint density at radius 3 is 1.88 bits per heavy atom. The molecule has 0 saturated heterocycles. The fourth-order valence-corrected chi connectivity index (χ4v) is 8.03. The number of nitrogens with one attached hydrogen (secondary N) is 1. The quantitative estimate of drug-likeness (QED) is 0.288. The van der Waals surface area contributed by atoms with Gasteiger partial charge >= 0.3 is 0 Å². The van der Waals surface area contributed by atoms with Gasteiger partial charge in [-0.2, -0.15) is 5.26 Å². The van der Waals surface area contributed by atoms with Crippen LogP contribution in [0.5, 0.6) is 0 Å². The zero-order chi connectivity index (χ0) is 23.9. The highest BCUT2D eigenvalue weighted by atomic mass is 31.2. The highest BCUT2D eigenvalue weighted by molar-refractivity contribution is 7.76. The summed E-state index contributed by atoms with van der Waals surface area (Å²) in [5, 5.41) is 16.0. The molecule has 1 N–H and O–H groups in total. The van der Waals surface area contributed by atoms with Gasteiger partial charge in [0.15, 0.2) is 0 Å². The Labute approximate surface area is 204 Å². The molecule has 0 bridgehead atoms. The molecule has 3 aromatic carbocycles. The van der Waals surface area contributed by atoms with E-state index in [0.717, 1.165) is 41.9 Å². The van der Waals surface area contributed by atoms with Gasteiger partial charge in [0.2, 0.25) is 7.29 Å². The fourth-order valence-electron chi connectivity index (χ4n) is 5.42. The lowest BCUT2D eigenvalue weighted by atomic mass is 9.66. The van der Waals surface area contributed by atoms with Crippen molar-refractivity contribution < 1.29 is 4.57 Å². The third-order valence-electron chi connectivity index (χ3n) is 7.17. The second kappa shape index (κ2) is 11.0. The van der Waals surface area contributed by atoms with Crippen LogP contribution in [0, 0.1) is 17.2 Å². The molecule has 34 heavy (non-hydrogen) atoms. The van der Waals surface area contributed by atoms with Crippen molar-refractivity contribution in [1.82, 2.24) is 5.09 Å². The monoisotopic (exact) mass is 468 g/mol. The highest BCUT2D eigenvalue weighted by Crippen LogP contribution is 2.47. The summed E-state index contributed by atoms with van der Waals surface area (Å²) in [6.07, 6.45) is 7.85. The normalized spacial score (nSPS) is 17.3. The zero-order valence-corrected chi connectivity index (χ0v) is 20.5. The van der Waals surface area contributed by atoms with Crippen molar-refractivity contribution in [3.63, 3.8) is 0 Å². The molecule has 0 aromatic heterocycles. The first kappa shape index (κ1) is 24.2. The van der Waals surface area contributed by atoms with E-state index in [1.54, 1.807) is 0 Å². The molecule has 1 fully saturated rings. The molecule has 1 aliphatic carbocycles. The average Bonchev–Trinajstić information content (AvgIpc) is 2.92. The van der Waals surface area contributed by atoms with E-state index in [2.05, 4.69) is 17.7 Å². The van der Waals surface area contributed by atoms with Crippen molar-refractivity contribution >= 4 is 17.9 Å². The van der Waals surface area contributed by atoms with E-state index < -0.39 is 12.7 Å². The molecule has 3 aromatic rings. The van der Waals surface area contributed by atoms with Crippen molar-refractivity contribution in [1.29, 1.82) is 5.26 Å². The standard InChI is InChI=1S/C30H33N2OP/c1-2-23-30(24-31,26-17-9-4-10-18-26)29(25-15-7-3-8-16-25)32-34(33,27-19-11-5-12-20-27)28-21-13-6-14-22-28/h2,4-6,9-14,17-22,25,29H,1,3,7-8,15-16,23H2,(H,32,33)/t29-,30-/m1/s1. The summed E-state index contributed by atoms with van der Waals surface area (Å²) in [4.78, 5) is 0. The second-order valence-corrected chi connectivity index (χ2v) is 11.7. The van der Waals surface area contributed by atoms with E-state index in [0.29, 0.717) is 6.42 Å². The Hall–Kier alpha value is -2.92. The van der Waals surface area contributed by atoms with Gasteiger partial charge in [-0.1, -0.05) is 92.1 Å². The minimum Gasteiger partial charge on any atom is -0.297 e. The SMILES string of the molecule is C=CC[C@@](C#N)(c1ccccc1)[C@H](NP(=O)(c1ccccc1)c1ccccc1)C1CCCCC1. The molecule has 1 saturated carbocycles. The first-order valence-electron chi connectivity index (χ1n) is 12.2. The zero-order valence-electron chi connectivity index (χ0n) is 19.6. The Bertz CT molecular complexity index is 1110. The highest BCUT2D eigenvalue weighted by Gasteiger charge is 2.47. The van der Waals surface area contributed by atoms with E-state index >= 15 is 4.57 Å². The number of benzene rings is 3. The van der Waals surface area contributed by atoms with Gasteiger partial charge < -0.3 is 0 Å². The van der Waals surface area contributed by atoms with Crippen molar-refractivity contribution in [2.24, 2.45) is 5.92 Å². The van der Waals surface area contributed by atoms with Gasteiger partial charge in [-0.15, -0.1) is 6.58 Å². The number of nitriles is 1. The number of allylic oxidation sites excluding steroid dienone is 1. The summed E-state index contributed by atoms with van der Waals surface area (Å²) in [5.41, 5.74) is 0.0812. The van der Waals surface area contributed by atoms with E-state index in [9.17, 15) is 5.26 Å². The summed E-state index contributed by atoms with van der Waals surface area (Å²) in [7, 11) is -3.24. The van der Waals surface area contributed by atoms with Crippen molar-refractivity contribution in [2.45, 2.75) is 50.0 Å². The molecular formula is C30H33N2OP. The summed E-state index contributed by atoms with van der Waals surface area (Å²) >= 11 is 0. The van der Waals surface area contributed by atoms with Crippen LogP contribution in [0.1, 0.15) is 44.1 Å². The fraction of sp³-hybridized carbons (Fsp3) is 0.300. The average molecular weight is 469 g/mol. The van der Waals surface area contributed by atoms with Crippen LogP contribution < -0.4 is 15.7 Å². The number of hydrogen-bond donors (Lipinski definition) is 1. The van der Waals surface area contributed by atoms with Crippen LogP contribution >= 0.6 is 7.29 Å². The Morgan fingerprint density at radius 2 is 1.41 bits per heavy atom. The second-order valence-electron chi connectivity index (χ2n) is 9.23. The third kappa shape index (κ3) is 4.80. The van der Waals surface area contributed by atoms with E-state index in [1.807, 2.05) is 97.1 Å². The molecule has 4 rings (SSSR count). The lowest BCUT2D eigenvalue weighted by Crippen LogP contribution is -2.53. The van der Waals surface area contributed by atoms with Crippen LogP contribution in [-0.2, 0) is 9.98 Å². The minimum absolute atomic E-state index is 0.245. The van der Waals surface area contributed by atoms with Crippen LogP contribution in [-0.4, -0.2) is 6.04 Å². The lowest BCUT2D eigenvalue weighted by molar-refractivity contribution is 0.230.